The Morgan fingerprint density at radius 1 is 1.04 bits per heavy atom. The normalized spacial score (nSPS) is 33.9. The zero-order valence-electron chi connectivity index (χ0n) is 12.2. The average Bonchev–Trinajstić information content (AvgIpc) is 2.79. The molecule has 2 aliphatic heterocycles. The molecule has 0 saturated carbocycles. The van der Waals surface area contributed by atoms with Crippen molar-refractivity contribution in [2.24, 2.45) is 0 Å². The molecule has 0 radical (unpaired) electrons. The summed E-state index contributed by atoms with van der Waals surface area (Å²) in [7, 11) is -3.55. The molecule has 2 aliphatic rings. The van der Waals surface area contributed by atoms with Crippen LogP contribution in [-0.2, 0) is 14.8 Å². The Bertz CT molecular complexity index is 702. The van der Waals surface area contributed by atoms with Gasteiger partial charge in [0.25, 0.3) is 15.9 Å². The smallest absolute Gasteiger partial charge is 0.266 e. The van der Waals surface area contributed by atoms with Crippen LogP contribution in [0.15, 0.2) is 29.2 Å². The number of benzene rings is 1. The quantitative estimate of drug-likeness (QED) is 0.302. The molecule has 1 aromatic rings. The molecule has 11 heteroatoms. The van der Waals surface area contributed by atoms with Crippen molar-refractivity contribution in [2.75, 3.05) is 6.61 Å². The Hall–Kier alpha value is -1.60. The second-order valence-corrected chi connectivity index (χ2v) is 6.80. The molecule has 0 bridgehead atoms. The zero-order chi connectivity index (χ0) is 18.1. The molecule has 5 atom stereocenters. The fraction of sp³-hybridized carbons (Fsp3) is 0.462. The van der Waals surface area contributed by atoms with Crippen LogP contribution in [0, 0.1) is 0 Å². The van der Waals surface area contributed by atoms with Gasteiger partial charge in [0.15, 0.2) is 6.29 Å². The van der Waals surface area contributed by atoms with Gasteiger partial charge in [-0.3, -0.25) is 4.79 Å². The van der Waals surface area contributed by atoms with Crippen LogP contribution in [-0.4, -0.2) is 77.2 Å². The van der Waals surface area contributed by atoms with Gasteiger partial charge in [0, 0.05) is 0 Å². The highest BCUT2D eigenvalue weighted by molar-refractivity contribution is 7.90. The molecule has 3 rings (SSSR count). The topological polar surface area (TPSA) is 174 Å². The Labute approximate surface area is 137 Å². The predicted octanol–water partition coefficient (Wildman–Crippen LogP) is -3.10. The number of aliphatic hydroxyl groups is 5. The Balaban J connectivity index is 0.000000174. The lowest BCUT2D eigenvalue weighted by atomic mass is 10.00. The molecule has 6 N–H and O–H groups in total. The molecular formula is C13H17NO9S. The van der Waals surface area contributed by atoms with Crippen LogP contribution in [0.3, 0.4) is 0 Å². The fourth-order valence-corrected chi connectivity index (χ4v) is 3.37. The van der Waals surface area contributed by atoms with Crippen molar-refractivity contribution in [3.63, 3.8) is 0 Å². The maximum absolute atomic E-state index is 11.1. The monoisotopic (exact) mass is 363 g/mol. The zero-order valence-corrected chi connectivity index (χ0v) is 13.0. The van der Waals surface area contributed by atoms with E-state index in [1.807, 2.05) is 4.72 Å². The lowest BCUT2D eigenvalue weighted by Gasteiger charge is -2.37. The highest BCUT2D eigenvalue weighted by Gasteiger charge is 2.42. The van der Waals surface area contributed by atoms with Gasteiger partial charge >= 0.3 is 0 Å². The van der Waals surface area contributed by atoms with Crippen molar-refractivity contribution < 1.29 is 43.5 Å². The second kappa shape index (κ2) is 7.11. The number of ether oxygens (including phenoxy) is 1. The van der Waals surface area contributed by atoms with E-state index in [1.54, 1.807) is 12.1 Å². The molecular weight excluding hydrogens is 346 g/mol. The number of hydrogen-bond acceptors (Lipinski definition) is 9. The van der Waals surface area contributed by atoms with Crippen molar-refractivity contribution in [2.45, 2.75) is 35.6 Å². The molecule has 0 aromatic heterocycles. The van der Waals surface area contributed by atoms with Crippen LogP contribution in [0.2, 0.25) is 0 Å². The first-order valence-electron chi connectivity index (χ1n) is 6.84. The van der Waals surface area contributed by atoms with E-state index < -0.39 is 53.2 Å². The molecule has 134 valence electrons. The lowest BCUT2D eigenvalue weighted by Crippen LogP contribution is -2.58. The molecule has 1 aromatic carbocycles. The molecule has 0 aliphatic carbocycles. The number of aliphatic hydroxyl groups excluding tert-OH is 5. The highest BCUT2D eigenvalue weighted by atomic mass is 32.2. The highest BCUT2D eigenvalue weighted by Crippen LogP contribution is 2.21. The van der Waals surface area contributed by atoms with Gasteiger partial charge in [0.05, 0.1) is 12.2 Å². The Morgan fingerprint density at radius 2 is 1.67 bits per heavy atom. The summed E-state index contributed by atoms with van der Waals surface area (Å²) < 4.78 is 28.7. The van der Waals surface area contributed by atoms with E-state index in [0.717, 1.165) is 0 Å². The van der Waals surface area contributed by atoms with E-state index in [1.165, 1.54) is 12.1 Å². The third kappa shape index (κ3) is 3.57. The van der Waals surface area contributed by atoms with Crippen molar-refractivity contribution in [1.29, 1.82) is 0 Å². The molecule has 10 nitrogen and oxygen atoms in total. The van der Waals surface area contributed by atoms with Crippen molar-refractivity contribution >= 4 is 15.9 Å². The predicted molar refractivity (Wildman–Crippen MR) is 77.1 cm³/mol. The van der Waals surface area contributed by atoms with E-state index in [-0.39, 0.29) is 10.5 Å². The molecule has 2 heterocycles. The van der Waals surface area contributed by atoms with Crippen molar-refractivity contribution in [1.82, 2.24) is 4.72 Å². The van der Waals surface area contributed by atoms with Gasteiger partial charge in [-0.25, -0.2) is 13.1 Å². The number of carbonyl (C=O) groups excluding carboxylic acids is 1. The number of hydrogen-bond donors (Lipinski definition) is 6. The van der Waals surface area contributed by atoms with E-state index in [0.29, 0.717) is 0 Å². The summed E-state index contributed by atoms with van der Waals surface area (Å²) >= 11 is 0. The standard InChI is InChI=1S/C7H5NO3S.C6H12O6/c9-7-5-3-1-2-4-6(5)12(10,11)8-7;7-1-2-3(8)4(9)5(10)6(11)12-2/h1-4H,(H,8,9);2-11H,1H2/t;2-,3-,4+,5-,6?/m.1/s1. The molecule has 0 spiro atoms. The number of nitrogens with one attached hydrogen (secondary N) is 1. The van der Waals surface area contributed by atoms with Crippen LogP contribution in [0.25, 0.3) is 0 Å². The molecule has 1 saturated heterocycles. The van der Waals surface area contributed by atoms with Crippen LogP contribution < -0.4 is 4.72 Å². The van der Waals surface area contributed by atoms with Crippen LogP contribution in [0.4, 0.5) is 0 Å². The summed E-state index contributed by atoms with van der Waals surface area (Å²) in [6, 6.07) is 6.09. The minimum atomic E-state index is -3.55. The van der Waals surface area contributed by atoms with Gasteiger partial charge in [0.2, 0.25) is 0 Å². The van der Waals surface area contributed by atoms with Gasteiger partial charge in [-0.05, 0) is 12.1 Å². The van der Waals surface area contributed by atoms with E-state index in [4.69, 9.17) is 25.5 Å². The van der Waals surface area contributed by atoms with Crippen molar-refractivity contribution in [3.05, 3.63) is 29.8 Å². The van der Waals surface area contributed by atoms with Gasteiger partial charge in [-0.1, -0.05) is 12.1 Å². The minimum Gasteiger partial charge on any atom is -0.394 e. The van der Waals surface area contributed by atoms with E-state index in [2.05, 4.69) is 4.74 Å². The van der Waals surface area contributed by atoms with Crippen LogP contribution in [0.5, 0.6) is 0 Å². The average molecular weight is 363 g/mol. The summed E-state index contributed by atoms with van der Waals surface area (Å²) in [5, 5.41) is 44.7. The first-order chi connectivity index (χ1) is 11.2. The summed E-state index contributed by atoms with van der Waals surface area (Å²) in [6.45, 7) is -0.526. The minimum absolute atomic E-state index is 0.0648. The molecule has 1 unspecified atom stereocenters. The molecule has 1 amide bonds. The molecule has 1 fully saturated rings. The second-order valence-electron chi connectivity index (χ2n) is 5.15. The van der Waals surface area contributed by atoms with Crippen molar-refractivity contribution in [3.8, 4) is 0 Å². The Morgan fingerprint density at radius 3 is 2.25 bits per heavy atom. The van der Waals surface area contributed by atoms with Gasteiger partial charge in [-0.2, -0.15) is 0 Å². The maximum atomic E-state index is 11.1. The number of fused-ring (bicyclic) bond motifs is 1. The van der Waals surface area contributed by atoms with E-state index >= 15 is 0 Å². The van der Waals surface area contributed by atoms with E-state index in [9.17, 15) is 13.2 Å². The summed E-state index contributed by atoms with van der Waals surface area (Å²) in [6.07, 6.45) is -7.04. The number of sulfonamides is 1. The first kappa shape index (κ1) is 18.7. The van der Waals surface area contributed by atoms with Crippen LogP contribution >= 0.6 is 0 Å². The summed E-state index contributed by atoms with van der Waals surface area (Å²) in [4.78, 5) is 11.1. The largest absolute Gasteiger partial charge is 0.394 e. The molecule has 24 heavy (non-hydrogen) atoms. The SMILES string of the molecule is O=C1NS(=O)(=O)c2ccccc21.OC[C@H]1OC(O)[C@H](O)[C@@H](O)[C@@H]1O. The maximum Gasteiger partial charge on any atom is 0.266 e. The fourth-order valence-electron chi connectivity index (χ4n) is 2.20. The van der Waals surface area contributed by atoms with Gasteiger partial charge < -0.3 is 30.3 Å². The summed E-state index contributed by atoms with van der Waals surface area (Å²) in [5.74, 6) is -0.550. The van der Waals surface area contributed by atoms with Gasteiger partial charge in [0.1, 0.15) is 29.3 Å². The Kier molecular flexibility index (Phi) is 5.55. The third-order valence-electron chi connectivity index (χ3n) is 3.52. The van der Waals surface area contributed by atoms with Crippen LogP contribution in [0.1, 0.15) is 10.4 Å². The third-order valence-corrected chi connectivity index (χ3v) is 4.90. The lowest BCUT2D eigenvalue weighted by molar-refractivity contribution is -0.286. The number of amides is 1. The summed E-state index contributed by atoms with van der Waals surface area (Å²) in [5.41, 5.74) is 0.220. The first-order valence-corrected chi connectivity index (χ1v) is 8.32. The van der Waals surface area contributed by atoms with Gasteiger partial charge in [-0.15, -0.1) is 0 Å². The number of rotatable bonds is 1. The number of carbonyl (C=O) groups is 1.